The maximum atomic E-state index is 5.85. The van der Waals surface area contributed by atoms with Crippen molar-refractivity contribution in [2.24, 2.45) is 5.41 Å². The van der Waals surface area contributed by atoms with Crippen molar-refractivity contribution < 1.29 is 0 Å². The number of hydrogen-bond acceptors (Lipinski definition) is 2. The van der Waals surface area contributed by atoms with Crippen LogP contribution >= 0.6 is 22.9 Å². The van der Waals surface area contributed by atoms with Gasteiger partial charge in [-0.25, -0.2) is 0 Å². The Kier molecular flexibility index (Phi) is 3.99. The monoisotopic (exact) mass is 231 g/mol. The Hall–Kier alpha value is -0.0500. The fourth-order valence-electron chi connectivity index (χ4n) is 1.01. The molecule has 0 aromatic carbocycles. The molecule has 0 aliphatic heterocycles. The van der Waals surface area contributed by atoms with Crippen LogP contribution in [-0.4, -0.2) is 6.04 Å². The summed E-state index contributed by atoms with van der Waals surface area (Å²) in [5, 5.41) is 6.32. The molecule has 0 aliphatic rings. The molecule has 14 heavy (non-hydrogen) atoms. The van der Waals surface area contributed by atoms with Gasteiger partial charge >= 0.3 is 0 Å². The SMILES string of the molecule is CC(NCc1cc(Cl)cs1)C(C)(C)C. The van der Waals surface area contributed by atoms with Crippen molar-refractivity contribution in [1.82, 2.24) is 5.32 Å². The first kappa shape index (κ1) is 12.0. The molecule has 0 spiro atoms. The van der Waals surface area contributed by atoms with Gasteiger partial charge in [0.05, 0.1) is 5.02 Å². The second-order valence-electron chi connectivity index (χ2n) is 4.70. The fraction of sp³-hybridized carbons (Fsp3) is 0.636. The highest BCUT2D eigenvalue weighted by Crippen LogP contribution is 2.21. The van der Waals surface area contributed by atoms with Gasteiger partial charge in [0.1, 0.15) is 0 Å². The zero-order valence-corrected chi connectivity index (χ0v) is 10.8. The van der Waals surface area contributed by atoms with E-state index < -0.39 is 0 Å². The van der Waals surface area contributed by atoms with E-state index in [0.717, 1.165) is 11.6 Å². The summed E-state index contributed by atoms with van der Waals surface area (Å²) in [5.41, 5.74) is 0.307. The van der Waals surface area contributed by atoms with E-state index in [-0.39, 0.29) is 0 Å². The lowest BCUT2D eigenvalue weighted by atomic mass is 9.88. The van der Waals surface area contributed by atoms with Crippen LogP contribution in [0.4, 0.5) is 0 Å². The molecular formula is C11H18ClNS. The van der Waals surface area contributed by atoms with Crippen LogP contribution in [0.5, 0.6) is 0 Å². The van der Waals surface area contributed by atoms with Gasteiger partial charge in [-0.1, -0.05) is 32.4 Å². The normalized spacial score (nSPS) is 14.4. The van der Waals surface area contributed by atoms with Crippen molar-refractivity contribution >= 4 is 22.9 Å². The van der Waals surface area contributed by atoms with E-state index >= 15 is 0 Å². The number of halogens is 1. The van der Waals surface area contributed by atoms with E-state index in [9.17, 15) is 0 Å². The average molecular weight is 232 g/mol. The van der Waals surface area contributed by atoms with Crippen molar-refractivity contribution in [2.45, 2.75) is 40.3 Å². The van der Waals surface area contributed by atoms with E-state index in [2.05, 4.69) is 33.0 Å². The average Bonchev–Trinajstić information content (AvgIpc) is 2.45. The van der Waals surface area contributed by atoms with E-state index in [4.69, 9.17) is 11.6 Å². The van der Waals surface area contributed by atoms with Crippen LogP contribution < -0.4 is 5.32 Å². The minimum atomic E-state index is 0.307. The molecule has 0 amide bonds. The van der Waals surface area contributed by atoms with Gasteiger partial charge in [-0.2, -0.15) is 0 Å². The summed E-state index contributed by atoms with van der Waals surface area (Å²) < 4.78 is 0. The molecule has 1 nitrogen and oxygen atoms in total. The molecule has 0 saturated carbocycles. The fourth-order valence-corrected chi connectivity index (χ4v) is 2.03. The highest BCUT2D eigenvalue weighted by Gasteiger charge is 2.19. The Balaban J connectivity index is 2.41. The van der Waals surface area contributed by atoms with E-state index in [1.54, 1.807) is 11.3 Å². The van der Waals surface area contributed by atoms with Crippen molar-refractivity contribution in [3.05, 3.63) is 21.3 Å². The van der Waals surface area contributed by atoms with Crippen LogP contribution in [0.15, 0.2) is 11.4 Å². The van der Waals surface area contributed by atoms with Crippen molar-refractivity contribution in [3.63, 3.8) is 0 Å². The van der Waals surface area contributed by atoms with Gasteiger partial charge in [-0.05, 0) is 18.4 Å². The summed E-state index contributed by atoms with van der Waals surface area (Å²) in [5.74, 6) is 0. The molecule has 1 atom stereocenters. The Bertz CT molecular complexity index is 288. The Morgan fingerprint density at radius 3 is 2.57 bits per heavy atom. The van der Waals surface area contributed by atoms with Crippen LogP contribution in [0, 0.1) is 5.41 Å². The molecule has 0 saturated heterocycles. The molecular weight excluding hydrogens is 214 g/mol. The van der Waals surface area contributed by atoms with Crippen LogP contribution in [0.2, 0.25) is 5.02 Å². The predicted molar refractivity (Wildman–Crippen MR) is 65.1 cm³/mol. The zero-order chi connectivity index (χ0) is 10.8. The Morgan fingerprint density at radius 2 is 2.14 bits per heavy atom. The third kappa shape index (κ3) is 3.60. The van der Waals surface area contributed by atoms with Crippen LogP contribution in [-0.2, 0) is 6.54 Å². The smallest absolute Gasteiger partial charge is 0.0516 e. The maximum absolute atomic E-state index is 5.85. The molecule has 0 bridgehead atoms. The second kappa shape index (κ2) is 4.65. The van der Waals surface area contributed by atoms with Crippen molar-refractivity contribution in [2.75, 3.05) is 0 Å². The van der Waals surface area contributed by atoms with Crippen molar-refractivity contribution in [1.29, 1.82) is 0 Å². The summed E-state index contributed by atoms with van der Waals surface area (Å²) in [7, 11) is 0. The van der Waals surface area contributed by atoms with Crippen LogP contribution in [0.1, 0.15) is 32.6 Å². The lowest BCUT2D eigenvalue weighted by molar-refractivity contribution is 0.286. The minimum Gasteiger partial charge on any atom is -0.309 e. The molecule has 0 aliphatic carbocycles. The Morgan fingerprint density at radius 1 is 1.50 bits per heavy atom. The molecule has 1 heterocycles. The molecule has 3 heteroatoms. The summed E-state index contributed by atoms with van der Waals surface area (Å²) in [4.78, 5) is 1.30. The van der Waals surface area contributed by atoms with Crippen LogP contribution in [0.25, 0.3) is 0 Å². The number of hydrogen-bond donors (Lipinski definition) is 1. The lowest BCUT2D eigenvalue weighted by Crippen LogP contribution is -2.36. The third-order valence-electron chi connectivity index (χ3n) is 2.50. The minimum absolute atomic E-state index is 0.307. The standard InChI is InChI=1S/C11H18ClNS/c1-8(11(2,3)4)13-6-10-5-9(12)7-14-10/h5,7-8,13H,6H2,1-4H3. The molecule has 1 unspecified atom stereocenters. The molecule has 1 aromatic heterocycles. The molecule has 0 fully saturated rings. The number of nitrogens with one attached hydrogen (secondary N) is 1. The van der Waals surface area contributed by atoms with Gasteiger partial charge in [0.15, 0.2) is 0 Å². The highest BCUT2D eigenvalue weighted by atomic mass is 35.5. The van der Waals surface area contributed by atoms with Gasteiger partial charge in [0.2, 0.25) is 0 Å². The first-order valence-electron chi connectivity index (χ1n) is 4.86. The zero-order valence-electron chi connectivity index (χ0n) is 9.23. The third-order valence-corrected chi connectivity index (χ3v) is 3.79. The molecule has 1 N–H and O–H groups in total. The summed E-state index contributed by atoms with van der Waals surface area (Å²) in [6, 6.07) is 2.53. The largest absolute Gasteiger partial charge is 0.309 e. The maximum Gasteiger partial charge on any atom is 0.0516 e. The molecule has 1 aromatic rings. The van der Waals surface area contributed by atoms with Gasteiger partial charge in [-0.3, -0.25) is 0 Å². The van der Waals surface area contributed by atoms with E-state index in [1.807, 2.05) is 11.4 Å². The summed E-state index contributed by atoms with van der Waals surface area (Å²) in [6.07, 6.45) is 0. The summed E-state index contributed by atoms with van der Waals surface area (Å²) in [6.45, 7) is 9.86. The quantitative estimate of drug-likeness (QED) is 0.832. The lowest BCUT2D eigenvalue weighted by Gasteiger charge is -2.28. The molecule has 1 rings (SSSR count). The Labute approximate surface area is 95.5 Å². The number of rotatable bonds is 3. The molecule has 0 radical (unpaired) electrons. The highest BCUT2D eigenvalue weighted by molar-refractivity contribution is 7.10. The van der Waals surface area contributed by atoms with Gasteiger partial charge < -0.3 is 5.32 Å². The van der Waals surface area contributed by atoms with Crippen LogP contribution in [0.3, 0.4) is 0 Å². The van der Waals surface area contributed by atoms with Gasteiger partial charge in [0, 0.05) is 22.8 Å². The van der Waals surface area contributed by atoms with Gasteiger partial charge in [0.25, 0.3) is 0 Å². The predicted octanol–water partition coefficient (Wildman–Crippen LogP) is 3.93. The summed E-state index contributed by atoms with van der Waals surface area (Å²) >= 11 is 7.56. The molecule has 80 valence electrons. The van der Waals surface area contributed by atoms with Crippen molar-refractivity contribution in [3.8, 4) is 0 Å². The first-order valence-corrected chi connectivity index (χ1v) is 6.11. The topological polar surface area (TPSA) is 12.0 Å². The number of thiophene rings is 1. The second-order valence-corrected chi connectivity index (χ2v) is 6.13. The van der Waals surface area contributed by atoms with Gasteiger partial charge in [-0.15, -0.1) is 11.3 Å². The first-order chi connectivity index (χ1) is 6.39. The van der Waals surface area contributed by atoms with E-state index in [1.165, 1.54) is 4.88 Å². The van der Waals surface area contributed by atoms with E-state index in [0.29, 0.717) is 11.5 Å².